The lowest BCUT2D eigenvalue weighted by atomic mass is 9.86. The van der Waals surface area contributed by atoms with Gasteiger partial charge in [-0.05, 0) is 23.5 Å². The fraction of sp³-hybridized carbons (Fsp3) is 0.700. The first kappa shape index (κ1) is 19.0. The van der Waals surface area contributed by atoms with Gasteiger partial charge < -0.3 is 10.4 Å². The van der Waals surface area contributed by atoms with E-state index in [9.17, 15) is 5.11 Å². The van der Waals surface area contributed by atoms with Gasteiger partial charge in [-0.1, -0.05) is 84.4 Å². The maximum atomic E-state index is 10.1. The Morgan fingerprint density at radius 3 is 2.32 bits per heavy atom. The van der Waals surface area contributed by atoms with Gasteiger partial charge in [0.25, 0.3) is 0 Å². The molecule has 1 atom stereocenters. The van der Waals surface area contributed by atoms with E-state index in [2.05, 4.69) is 57.3 Å². The molecule has 0 aliphatic carbocycles. The van der Waals surface area contributed by atoms with Crippen LogP contribution >= 0.6 is 0 Å². The first-order chi connectivity index (χ1) is 10.4. The van der Waals surface area contributed by atoms with Gasteiger partial charge in [-0.25, -0.2) is 0 Å². The largest absolute Gasteiger partial charge is 0.391 e. The molecule has 0 bridgehead atoms. The second kappa shape index (κ2) is 9.89. The third-order valence-electron chi connectivity index (χ3n) is 4.15. The Labute approximate surface area is 137 Å². The number of benzene rings is 1. The van der Waals surface area contributed by atoms with Gasteiger partial charge in [0.05, 0.1) is 6.10 Å². The highest BCUT2D eigenvalue weighted by Crippen LogP contribution is 2.29. The molecule has 0 fully saturated rings. The second-order valence-corrected chi connectivity index (χ2v) is 7.39. The number of aliphatic hydroxyl groups is 1. The number of rotatable bonds is 10. The van der Waals surface area contributed by atoms with E-state index in [1.165, 1.54) is 37.7 Å². The summed E-state index contributed by atoms with van der Waals surface area (Å²) < 4.78 is 0. The SMILES string of the molecule is CCCCCCCCC(O)CNc1ccccc1C(C)(C)C. The molecule has 2 N–H and O–H groups in total. The fourth-order valence-electron chi connectivity index (χ4n) is 2.78. The first-order valence-corrected chi connectivity index (χ1v) is 8.96. The minimum absolute atomic E-state index is 0.119. The van der Waals surface area contributed by atoms with Crippen molar-refractivity contribution in [3.8, 4) is 0 Å². The highest BCUT2D eigenvalue weighted by molar-refractivity contribution is 5.54. The zero-order chi connectivity index (χ0) is 16.4. The summed E-state index contributed by atoms with van der Waals surface area (Å²) in [5.74, 6) is 0. The van der Waals surface area contributed by atoms with Crippen LogP contribution in [0.15, 0.2) is 24.3 Å². The van der Waals surface area contributed by atoms with Gasteiger partial charge in [-0.15, -0.1) is 0 Å². The Morgan fingerprint density at radius 2 is 1.64 bits per heavy atom. The molecule has 2 heteroatoms. The van der Waals surface area contributed by atoms with Crippen molar-refractivity contribution < 1.29 is 5.11 Å². The van der Waals surface area contributed by atoms with Crippen molar-refractivity contribution >= 4 is 5.69 Å². The summed E-state index contributed by atoms with van der Waals surface area (Å²) >= 11 is 0. The van der Waals surface area contributed by atoms with Crippen LogP contribution in [0.3, 0.4) is 0 Å². The Kier molecular flexibility index (Phi) is 8.55. The van der Waals surface area contributed by atoms with Crippen molar-refractivity contribution in [2.45, 2.75) is 84.2 Å². The number of para-hydroxylation sites is 1. The van der Waals surface area contributed by atoms with E-state index in [-0.39, 0.29) is 11.5 Å². The average Bonchev–Trinajstić information content (AvgIpc) is 2.48. The van der Waals surface area contributed by atoms with Gasteiger partial charge in [0.15, 0.2) is 0 Å². The van der Waals surface area contributed by atoms with Crippen LogP contribution in [0, 0.1) is 0 Å². The lowest BCUT2D eigenvalue weighted by molar-refractivity contribution is 0.173. The molecule has 0 aliphatic heterocycles. The van der Waals surface area contributed by atoms with Crippen molar-refractivity contribution in [1.29, 1.82) is 0 Å². The molecule has 2 nitrogen and oxygen atoms in total. The second-order valence-electron chi connectivity index (χ2n) is 7.39. The molecule has 0 saturated heterocycles. The minimum Gasteiger partial charge on any atom is -0.391 e. The van der Waals surface area contributed by atoms with Crippen LogP contribution in [0.25, 0.3) is 0 Å². The van der Waals surface area contributed by atoms with Gasteiger partial charge >= 0.3 is 0 Å². The van der Waals surface area contributed by atoms with Crippen LogP contribution < -0.4 is 5.32 Å². The third kappa shape index (κ3) is 7.31. The van der Waals surface area contributed by atoms with Gasteiger partial charge in [-0.3, -0.25) is 0 Å². The molecule has 0 aromatic heterocycles. The number of unbranched alkanes of at least 4 members (excludes halogenated alkanes) is 5. The summed E-state index contributed by atoms with van der Waals surface area (Å²) in [5.41, 5.74) is 2.58. The summed E-state index contributed by atoms with van der Waals surface area (Å²) in [4.78, 5) is 0. The number of hydrogen-bond donors (Lipinski definition) is 2. The topological polar surface area (TPSA) is 32.3 Å². The van der Waals surface area contributed by atoms with E-state index in [1.807, 2.05) is 0 Å². The quantitative estimate of drug-likeness (QED) is 0.559. The van der Waals surface area contributed by atoms with Gasteiger partial charge in [0, 0.05) is 12.2 Å². The summed E-state index contributed by atoms with van der Waals surface area (Å²) in [7, 11) is 0. The molecule has 0 amide bonds. The van der Waals surface area contributed by atoms with Crippen LogP contribution in [0.1, 0.15) is 78.2 Å². The predicted molar refractivity (Wildman–Crippen MR) is 97.6 cm³/mol. The van der Waals surface area contributed by atoms with Gasteiger partial charge in [-0.2, -0.15) is 0 Å². The predicted octanol–water partition coefficient (Wildman–Crippen LogP) is 5.51. The lowest BCUT2D eigenvalue weighted by Crippen LogP contribution is -2.22. The molecule has 1 aromatic carbocycles. The standard InChI is InChI=1S/C20H35NO/c1-5-6-7-8-9-10-13-17(22)16-21-19-15-12-11-14-18(19)20(2,3)4/h11-12,14-15,17,21-22H,5-10,13,16H2,1-4H3. The summed E-state index contributed by atoms with van der Waals surface area (Å²) in [6, 6.07) is 8.41. The molecular weight excluding hydrogens is 270 g/mol. The highest BCUT2D eigenvalue weighted by Gasteiger charge is 2.17. The fourth-order valence-corrected chi connectivity index (χ4v) is 2.78. The zero-order valence-corrected chi connectivity index (χ0v) is 15.0. The lowest BCUT2D eigenvalue weighted by Gasteiger charge is -2.24. The molecule has 0 saturated carbocycles. The van der Waals surface area contributed by atoms with Crippen molar-refractivity contribution in [3.05, 3.63) is 29.8 Å². The summed E-state index contributed by atoms with van der Waals surface area (Å²) in [6.07, 6.45) is 8.30. The Bertz CT molecular complexity index is 408. The number of hydrogen-bond acceptors (Lipinski definition) is 2. The number of nitrogens with one attached hydrogen (secondary N) is 1. The third-order valence-corrected chi connectivity index (χ3v) is 4.15. The molecule has 22 heavy (non-hydrogen) atoms. The molecule has 1 unspecified atom stereocenters. The maximum absolute atomic E-state index is 10.1. The van der Waals surface area contributed by atoms with E-state index in [0.717, 1.165) is 18.5 Å². The number of anilines is 1. The normalized spacial score (nSPS) is 13.1. The van der Waals surface area contributed by atoms with Crippen LogP contribution in [-0.4, -0.2) is 17.8 Å². The van der Waals surface area contributed by atoms with Crippen molar-refractivity contribution in [2.75, 3.05) is 11.9 Å². The smallest absolute Gasteiger partial charge is 0.0712 e. The maximum Gasteiger partial charge on any atom is 0.0712 e. The minimum atomic E-state index is -0.251. The van der Waals surface area contributed by atoms with Crippen LogP contribution in [-0.2, 0) is 5.41 Å². The number of aliphatic hydroxyl groups excluding tert-OH is 1. The first-order valence-electron chi connectivity index (χ1n) is 8.96. The van der Waals surface area contributed by atoms with E-state index in [0.29, 0.717) is 6.54 Å². The van der Waals surface area contributed by atoms with Gasteiger partial charge in [0.1, 0.15) is 0 Å². The molecule has 0 heterocycles. The molecule has 126 valence electrons. The zero-order valence-electron chi connectivity index (χ0n) is 15.0. The van der Waals surface area contributed by atoms with Gasteiger partial charge in [0.2, 0.25) is 0 Å². The van der Waals surface area contributed by atoms with Crippen LogP contribution in [0.2, 0.25) is 0 Å². The van der Waals surface area contributed by atoms with Crippen molar-refractivity contribution in [1.82, 2.24) is 0 Å². The average molecular weight is 306 g/mol. The summed E-state index contributed by atoms with van der Waals surface area (Å²) in [5, 5.41) is 13.6. The Hall–Kier alpha value is -1.02. The van der Waals surface area contributed by atoms with Crippen molar-refractivity contribution in [2.24, 2.45) is 0 Å². The molecule has 0 spiro atoms. The van der Waals surface area contributed by atoms with E-state index in [1.54, 1.807) is 0 Å². The summed E-state index contributed by atoms with van der Waals surface area (Å²) in [6.45, 7) is 9.55. The van der Waals surface area contributed by atoms with Crippen LogP contribution in [0.5, 0.6) is 0 Å². The van der Waals surface area contributed by atoms with E-state index < -0.39 is 0 Å². The molecule has 1 rings (SSSR count). The monoisotopic (exact) mass is 305 g/mol. The van der Waals surface area contributed by atoms with E-state index in [4.69, 9.17) is 0 Å². The van der Waals surface area contributed by atoms with Crippen molar-refractivity contribution in [3.63, 3.8) is 0 Å². The van der Waals surface area contributed by atoms with Crippen LogP contribution in [0.4, 0.5) is 5.69 Å². The molecule has 0 aliphatic rings. The van der Waals surface area contributed by atoms with E-state index >= 15 is 0 Å². The Morgan fingerprint density at radius 1 is 1.00 bits per heavy atom. The molecular formula is C20H35NO. The molecule has 1 aromatic rings. The highest BCUT2D eigenvalue weighted by atomic mass is 16.3. The molecule has 0 radical (unpaired) electrons. The Balaban J connectivity index is 2.31.